The van der Waals surface area contributed by atoms with Gasteiger partial charge >= 0.3 is 0 Å². The highest BCUT2D eigenvalue weighted by Gasteiger charge is 2.07. The number of aryl methyl sites for hydroxylation is 1. The minimum Gasteiger partial charge on any atom is -0.409 e. The molecule has 0 radical (unpaired) electrons. The standard InChI is InChI=1S/C15H18N4O/c1-11-8-13(5-6-14(11)15(16)18-20)19(2)10-12-4-3-7-17-9-12/h3-9,20H,10H2,1-2H3,(H2,16,18). The van der Waals surface area contributed by atoms with Crippen LogP contribution in [0.15, 0.2) is 47.9 Å². The summed E-state index contributed by atoms with van der Waals surface area (Å²) in [6, 6.07) is 9.80. The number of hydrogen-bond donors (Lipinski definition) is 2. The molecule has 3 N–H and O–H groups in total. The minimum absolute atomic E-state index is 0.129. The van der Waals surface area contributed by atoms with Crippen LogP contribution >= 0.6 is 0 Å². The summed E-state index contributed by atoms with van der Waals surface area (Å²) >= 11 is 0. The highest BCUT2D eigenvalue weighted by Crippen LogP contribution is 2.19. The first-order valence-electron chi connectivity index (χ1n) is 6.30. The predicted molar refractivity (Wildman–Crippen MR) is 80.0 cm³/mol. The SMILES string of the molecule is Cc1cc(N(C)Cc2cccnc2)ccc1/C(N)=N/O. The second-order valence-electron chi connectivity index (χ2n) is 4.70. The van der Waals surface area contributed by atoms with E-state index in [9.17, 15) is 0 Å². The van der Waals surface area contributed by atoms with Crippen LogP contribution in [-0.2, 0) is 6.54 Å². The lowest BCUT2D eigenvalue weighted by molar-refractivity contribution is 0.318. The Labute approximate surface area is 118 Å². The fourth-order valence-electron chi connectivity index (χ4n) is 2.08. The smallest absolute Gasteiger partial charge is 0.170 e. The number of nitrogens with two attached hydrogens (primary N) is 1. The molecule has 1 heterocycles. The third kappa shape index (κ3) is 3.06. The lowest BCUT2D eigenvalue weighted by Gasteiger charge is -2.20. The number of benzene rings is 1. The first-order valence-corrected chi connectivity index (χ1v) is 6.30. The van der Waals surface area contributed by atoms with E-state index < -0.39 is 0 Å². The van der Waals surface area contributed by atoms with E-state index in [4.69, 9.17) is 10.9 Å². The van der Waals surface area contributed by atoms with Crippen LogP contribution < -0.4 is 10.6 Å². The Bertz CT molecular complexity index is 611. The van der Waals surface area contributed by atoms with Gasteiger partial charge in [-0.25, -0.2) is 0 Å². The molecule has 0 aliphatic rings. The Morgan fingerprint density at radius 2 is 2.20 bits per heavy atom. The molecular formula is C15H18N4O. The molecule has 5 heteroatoms. The summed E-state index contributed by atoms with van der Waals surface area (Å²) in [4.78, 5) is 6.24. The average Bonchev–Trinajstić information content (AvgIpc) is 2.47. The molecule has 0 aliphatic carbocycles. The van der Waals surface area contributed by atoms with Crippen molar-refractivity contribution in [1.82, 2.24) is 4.98 Å². The van der Waals surface area contributed by atoms with Crippen LogP contribution in [0.3, 0.4) is 0 Å². The van der Waals surface area contributed by atoms with Gasteiger partial charge < -0.3 is 15.8 Å². The Morgan fingerprint density at radius 3 is 2.80 bits per heavy atom. The maximum Gasteiger partial charge on any atom is 0.170 e. The lowest BCUT2D eigenvalue weighted by atomic mass is 10.1. The Morgan fingerprint density at radius 1 is 1.40 bits per heavy atom. The van der Waals surface area contributed by atoms with E-state index in [0.29, 0.717) is 0 Å². The van der Waals surface area contributed by atoms with Gasteiger partial charge in [-0.1, -0.05) is 11.2 Å². The number of aromatic nitrogens is 1. The zero-order valence-corrected chi connectivity index (χ0v) is 11.6. The molecule has 2 aromatic rings. The van der Waals surface area contributed by atoms with E-state index in [-0.39, 0.29) is 5.84 Å². The largest absolute Gasteiger partial charge is 0.409 e. The van der Waals surface area contributed by atoms with E-state index >= 15 is 0 Å². The van der Waals surface area contributed by atoms with Crippen molar-refractivity contribution in [2.45, 2.75) is 13.5 Å². The number of rotatable bonds is 4. The molecule has 1 aromatic carbocycles. The fraction of sp³-hybridized carbons (Fsp3) is 0.200. The number of pyridine rings is 1. The second-order valence-corrected chi connectivity index (χ2v) is 4.70. The summed E-state index contributed by atoms with van der Waals surface area (Å²) in [6.45, 7) is 2.71. The van der Waals surface area contributed by atoms with E-state index in [1.54, 1.807) is 6.20 Å². The van der Waals surface area contributed by atoms with Gasteiger partial charge in [0.1, 0.15) is 0 Å². The maximum absolute atomic E-state index is 8.73. The summed E-state index contributed by atoms with van der Waals surface area (Å²) in [5.41, 5.74) is 9.55. The molecule has 0 unspecified atom stereocenters. The summed E-state index contributed by atoms with van der Waals surface area (Å²) < 4.78 is 0. The van der Waals surface area contributed by atoms with E-state index in [2.05, 4.69) is 15.0 Å². The second kappa shape index (κ2) is 6.06. The van der Waals surface area contributed by atoms with Crippen LogP contribution in [0.4, 0.5) is 5.69 Å². The fourth-order valence-corrected chi connectivity index (χ4v) is 2.08. The minimum atomic E-state index is 0.129. The van der Waals surface area contributed by atoms with Crippen LogP contribution in [0.2, 0.25) is 0 Å². The molecule has 5 nitrogen and oxygen atoms in total. The van der Waals surface area contributed by atoms with Gasteiger partial charge in [-0.3, -0.25) is 4.98 Å². The highest BCUT2D eigenvalue weighted by molar-refractivity contribution is 5.98. The zero-order valence-electron chi connectivity index (χ0n) is 11.6. The van der Waals surface area contributed by atoms with Gasteiger partial charge in [-0.15, -0.1) is 0 Å². The number of hydrogen-bond acceptors (Lipinski definition) is 4. The molecule has 104 valence electrons. The first kappa shape index (κ1) is 13.9. The van der Waals surface area contributed by atoms with Crippen molar-refractivity contribution in [3.05, 3.63) is 59.4 Å². The third-order valence-electron chi connectivity index (χ3n) is 3.18. The summed E-state index contributed by atoms with van der Waals surface area (Å²) in [5, 5.41) is 11.8. The molecule has 0 bridgehead atoms. The van der Waals surface area contributed by atoms with Gasteiger partial charge in [0.05, 0.1) is 0 Å². The van der Waals surface area contributed by atoms with Gasteiger partial charge in [0.15, 0.2) is 5.84 Å². The van der Waals surface area contributed by atoms with E-state index in [1.165, 1.54) is 0 Å². The number of amidine groups is 1. The van der Waals surface area contributed by atoms with Crippen molar-refractivity contribution >= 4 is 11.5 Å². The molecule has 1 aromatic heterocycles. The topological polar surface area (TPSA) is 74.7 Å². The van der Waals surface area contributed by atoms with Crippen LogP contribution in [0.5, 0.6) is 0 Å². The van der Waals surface area contributed by atoms with Crippen molar-refractivity contribution < 1.29 is 5.21 Å². The molecule has 0 saturated carbocycles. The highest BCUT2D eigenvalue weighted by atomic mass is 16.4. The van der Waals surface area contributed by atoms with Crippen molar-refractivity contribution in [3.63, 3.8) is 0 Å². The Hall–Kier alpha value is -2.56. The molecule has 0 atom stereocenters. The molecule has 0 spiro atoms. The van der Waals surface area contributed by atoms with Gasteiger partial charge in [-0.2, -0.15) is 0 Å². The molecule has 20 heavy (non-hydrogen) atoms. The molecular weight excluding hydrogens is 252 g/mol. The normalized spacial score (nSPS) is 11.4. The summed E-state index contributed by atoms with van der Waals surface area (Å²) in [6.07, 6.45) is 3.62. The van der Waals surface area contributed by atoms with Crippen LogP contribution in [0, 0.1) is 6.92 Å². The van der Waals surface area contributed by atoms with Crippen molar-refractivity contribution in [2.75, 3.05) is 11.9 Å². The molecule has 0 fully saturated rings. The van der Waals surface area contributed by atoms with Gasteiger partial charge in [0.2, 0.25) is 0 Å². The van der Waals surface area contributed by atoms with Crippen molar-refractivity contribution in [1.29, 1.82) is 0 Å². The number of anilines is 1. The summed E-state index contributed by atoms with van der Waals surface area (Å²) in [5.74, 6) is 0.129. The van der Waals surface area contributed by atoms with Crippen LogP contribution in [0.25, 0.3) is 0 Å². The zero-order chi connectivity index (χ0) is 14.5. The Balaban J connectivity index is 2.19. The predicted octanol–water partition coefficient (Wildman–Crippen LogP) is 2.12. The van der Waals surface area contributed by atoms with Gasteiger partial charge in [-0.05, 0) is 42.3 Å². The monoisotopic (exact) mass is 270 g/mol. The third-order valence-corrected chi connectivity index (χ3v) is 3.18. The maximum atomic E-state index is 8.73. The lowest BCUT2D eigenvalue weighted by Crippen LogP contribution is -2.18. The van der Waals surface area contributed by atoms with Crippen molar-refractivity contribution in [2.24, 2.45) is 10.9 Å². The number of oxime groups is 1. The van der Waals surface area contributed by atoms with Crippen LogP contribution in [0.1, 0.15) is 16.7 Å². The summed E-state index contributed by atoms with van der Waals surface area (Å²) in [7, 11) is 2.02. The molecule has 0 aliphatic heterocycles. The molecule has 0 saturated heterocycles. The van der Waals surface area contributed by atoms with Gasteiger partial charge in [0, 0.05) is 37.2 Å². The van der Waals surface area contributed by atoms with Gasteiger partial charge in [0.25, 0.3) is 0 Å². The van der Waals surface area contributed by atoms with E-state index in [0.717, 1.165) is 28.9 Å². The van der Waals surface area contributed by atoms with Crippen molar-refractivity contribution in [3.8, 4) is 0 Å². The Kier molecular flexibility index (Phi) is 4.20. The number of nitrogens with zero attached hydrogens (tertiary/aromatic N) is 3. The molecule has 0 amide bonds. The quantitative estimate of drug-likeness (QED) is 0.386. The average molecular weight is 270 g/mol. The van der Waals surface area contributed by atoms with E-state index in [1.807, 2.05) is 50.5 Å². The van der Waals surface area contributed by atoms with Crippen LogP contribution in [-0.4, -0.2) is 23.1 Å². The first-order chi connectivity index (χ1) is 9.61. The molecule has 2 rings (SSSR count).